The van der Waals surface area contributed by atoms with Crippen molar-refractivity contribution in [1.29, 1.82) is 0 Å². The fourth-order valence-corrected chi connectivity index (χ4v) is 4.70. The Morgan fingerprint density at radius 1 is 0.949 bits per heavy atom. The van der Waals surface area contributed by atoms with E-state index in [1.165, 1.54) is 55.5 Å². The molecule has 3 amide bonds. The Morgan fingerprint density at radius 3 is 2.36 bits per heavy atom. The summed E-state index contributed by atoms with van der Waals surface area (Å²) in [5, 5.41) is 27.4. The lowest BCUT2D eigenvalue weighted by Crippen LogP contribution is -2.40. The summed E-state index contributed by atoms with van der Waals surface area (Å²) in [6.07, 6.45) is 0. The number of nitro benzene ring substituents is 1. The smallest absolute Gasteiger partial charge is 0.337 e. The van der Waals surface area contributed by atoms with Crippen LogP contribution in [-0.2, 0) is 4.79 Å². The molecule has 39 heavy (non-hydrogen) atoms. The second-order valence-electron chi connectivity index (χ2n) is 8.61. The second-order valence-corrected chi connectivity index (χ2v) is 9.01. The lowest BCUT2D eigenvalue weighted by Gasteiger charge is -2.28. The molecule has 5 rings (SSSR count). The normalized spacial score (nSPS) is 12.4. The maximum absolute atomic E-state index is 13.6. The van der Waals surface area contributed by atoms with Crippen molar-refractivity contribution in [2.45, 2.75) is 6.92 Å². The standard InChI is InChI=1S/C27H17ClN4O7/c1-13(33)29-14-4-2-5-16(10-14)31-25(34)18-7-3-6-17-23(18)20(26(31)35)12-22(32(38)39)24(17)30-15-8-9-21(28)19(11-15)27(36)37/h2-12,30H,1H3,(H,29,33)(H,36,37). The summed E-state index contributed by atoms with van der Waals surface area (Å²) in [5.41, 5.74) is 0.0964. The van der Waals surface area contributed by atoms with E-state index in [1.807, 2.05) is 0 Å². The van der Waals surface area contributed by atoms with Crippen LogP contribution in [0, 0.1) is 10.1 Å². The summed E-state index contributed by atoms with van der Waals surface area (Å²) in [5.74, 6) is -3.06. The summed E-state index contributed by atoms with van der Waals surface area (Å²) in [6.45, 7) is 1.32. The topological polar surface area (TPSA) is 159 Å². The van der Waals surface area contributed by atoms with Gasteiger partial charge in [-0.25, -0.2) is 9.69 Å². The molecule has 11 nitrogen and oxygen atoms in total. The average Bonchev–Trinajstić information content (AvgIpc) is 2.88. The van der Waals surface area contributed by atoms with Crippen LogP contribution in [0.15, 0.2) is 66.7 Å². The predicted octanol–water partition coefficient (Wildman–Crippen LogP) is 5.60. The molecule has 0 saturated heterocycles. The molecule has 0 atom stereocenters. The Hall–Kier alpha value is -5.29. The third kappa shape index (κ3) is 4.40. The number of nitrogens with zero attached hydrogens (tertiary/aromatic N) is 2. The second kappa shape index (κ2) is 9.54. The van der Waals surface area contributed by atoms with Gasteiger partial charge in [0.1, 0.15) is 5.69 Å². The summed E-state index contributed by atoms with van der Waals surface area (Å²) in [7, 11) is 0. The molecule has 0 radical (unpaired) electrons. The van der Waals surface area contributed by atoms with Gasteiger partial charge in [0.25, 0.3) is 17.5 Å². The van der Waals surface area contributed by atoms with Gasteiger partial charge in [0.2, 0.25) is 5.91 Å². The van der Waals surface area contributed by atoms with Gasteiger partial charge >= 0.3 is 5.97 Å². The lowest BCUT2D eigenvalue weighted by atomic mass is 9.91. The van der Waals surface area contributed by atoms with Crippen LogP contribution >= 0.6 is 11.6 Å². The number of halogens is 1. The van der Waals surface area contributed by atoms with Gasteiger partial charge in [-0.1, -0.05) is 29.8 Å². The van der Waals surface area contributed by atoms with E-state index in [2.05, 4.69) is 10.6 Å². The summed E-state index contributed by atoms with van der Waals surface area (Å²) in [6, 6.07) is 15.8. The van der Waals surface area contributed by atoms with Crippen molar-refractivity contribution >= 4 is 74.5 Å². The zero-order valence-corrected chi connectivity index (χ0v) is 20.8. The maximum Gasteiger partial charge on any atom is 0.337 e. The highest BCUT2D eigenvalue weighted by molar-refractivity contribution is 6.37. The molecule has 4 aromatic carbocycles. The molecule has 12 heteroatoms. The lowest BCUT2D eigenvalue weighted by molar-refractivity contribution is -0.383. The molecule has 1 aliphatic rings. The largest absolute Gasteiger partial charge is 0.478 e. The molecule has 3 N–H and O–H groups in total. The number of amides is 3. The van der Waals surface area contributed by atoms with Gasteiger partial charge in [-0.15, -0.1) is 0 Å². The van der Waals surface area contributed by atoms with Crippen LogP contribution in [0.1, 0.15) is 38.0 Å². The highest BCUT2D eigenvalue weighted by Crippen LogP contribution is 2.42. The number of nitro groups is 1. The number of carbonyl (C=O) groups excluding carboxylic acids is 3. The quantitative estimate of drug-likeness (QED) is 0.161. The predicted molar refractivity (Wildman–Crippen MR) is 144 cm³/mol. The SMILES string of the molecule is CC(=O)Nc1cccc(N2C(=O)c3cccc4c(Nc5ccc(Cl)c(C(=O)O)c5)c([N+](=O)[O-])cc(c34)C2=O)c1. The zero-order valence-electron chi connectivity index (χ0n) is 20.0. The first-order chi connectivity index (χ1) is 18.6. The molecule has 0 aliphatic carbocycles. The molecule has 0 bridgehead atoms. The molecule has 0 spiro atoms. The van der Waals surface area contributed by atoms with Crippen LogP contribution in [0.4, 0.5) is 28.4 Å². The van der Waals surface area contributed by atoms with Gasteiger partial charge in [-0.3, -0.25) is 24.5 Å². The van der Waals surface area contributed by atoms with Crippen LogP contribution in [0.2, 0.25) is 5.02 Å². The van der Waals surface area contributed by atoms with Crippen LogP contribution in [0.5, 0.6) is 0 Å². The number of hydrogen-bond acceptors (Lipinski definition) is 7. The molecular weight excluding hydrogens is 528 g/mol. The van der Waals surface area contributed by atoms with Gasteiger partial charge < -0.3 is 15.7 Å². The van der Waals surface area contributed by atoms with Crippen LogP contribution in [0.25, 0.3) is 10.8 Å². The van der Waals surface area contributed by atoms with E-state index >= 15 is 0 Å². The van der Waals surface area contributed by atoms with Gasteiger partial charge in [0.15, 0.2) is 0 Å². The molecule has 0 fully saturated rings. The van der Waals surface area contributed by atoms with Crippen LogP contribution in [0.3, 0.4) is 0 Å². The third-order valence-electron chi connectivity index (χ3n) is 6.09. The average molecular weight is 545 g/mol. The van der Waals surface area contributed by atoms with Gasteiger partial charge in [-0.2, -0.15) is 0 Å². The maximum atomic E-state index is 13.6. The van der Waals surface area contributed by atoms with Gasteiger partial charge in [0, 0.05) is 40.7 Å². The van der Waals surface area contributed by atoms with E-state index in [0.29, 0.717) is 5.69 Å². The summed E-state index contributed by atoms with van der Waals surface area (Å²) < 4.78 is 0. The number of nitrogens with one attached hydrogen (secondary N) is 2. The van der Waals surface area contributed by atoms with Crippen LogP contribution < -0.4 is 15.5 Å². The van der Waals surface area contributed by atoms with Crippen molar-refractivity contribution in [3.05, 3.63) is 98.6 Å². The van der Waals surface area contributed by atoms with Crippen molar-refractivity contribution < 1.29 is 29.2 Å². The van der Waals surface area contributed by atoms with Crippen molar-refractivity contribution in [3.8, 4) is 0 Å². The van der Waals surface area contributed by atoms with Gasteiger partial charge in [-0.05, 0) is 42.5 Å². The minimum Gasteiger partial charge on any atom is -0.478 e. The highest BCUT2D eigenvalue weighted by atomic mass is 35.5. The Morgan fingerprint density at radius 2 is 1.67 bits per heavy atom. The molecule has 1 aliphatic heterocycles. The number of anilines is 4. The molecule has 4 aromatic rings. The third-order valence-corrected chi connectivity index (χ3v) is 6.42. The first-order valence-electron chi connectivity index (χ1n) is 11.4. The highest BCUT2D eigenvalue weighted by Gasteiger charge is 2.37. The van der Waals surface area contributed by atoms with E-state index in [-0.39, 0.29) is 55.5 Å². The van der Waals surface area contributed by atoms with E-state index in [1.54, 1.807) is 12.1 Å². The molecule has 0 aromatic heterocycles. The van der Waals surface area contributed by atoms with E-state index in [4.69, 9.17) is 11.6 Å². The minimum atomic E-state index is -1.28. The zero-order chi connectivity index (χ0) is 28.0. The van der Waals surface area contributed by atoms with E-state index in [9.17, 15) is 34.4 Å². The number of carbonyl (C=O) groups is 4. The number of aromatic carboxylic acids is 1. The first-order valence-corrected chi connectivity index (χ1v) is 11.7. The molecule has 0 saturated carbocycles. The molecule has 1 heterocycles. The fourth-order valence-electron chi connectivity index (χ4n) is 4.50. The Balaban J connectivity index is 1.68. The Kier molecular flexibility index (Phi) is 6.21. The van der Waals surface area contributed by atoms with Crippen molar-refractivity contribution in [2.24, 2.45) is 0 Å². The minimum absolute atomic E-state index is 0.0155. The molecule has 0 unspecified atom stereocenters. The van der Waals surface area contributed by atoms with Crippen molar-refractivity contribution in [1.82, 2.24) is 0 Å². The fraction of sp³-hybridized carbons (Fsp3) is 0.0370. The monoisotopic (exact) mass is 544 g/mol. The summed E-state index contributed by atoms with van der Waals surface area (Å²) in [4.78, 5) is 62.6. The number of carboxylic acids is 1. The van der Waals surface area contributed by atoms with Crippen molar-refractivity contribution in [2.75, 3.05) is 15.5 Å². The first kappa shape index (κ1) is 25.4. The van der Waals surface area contributed by atoms with Crippen LogP contribution in [-0.4, -0.2) is 33.7 Å². The molecule has 194 valence electrons. The number of carboxylic acid groups (broad SMARTS) is 1. The number of imide groups is 1. The number of benzene rings is 4. The van der Waals surface area contributed by atoms with Gasteiger partial charge in [0.05, 0.1) is 26.8 Å². The Bertz CT molecular complexity index is 1770. The number of rotatable bonds is 6. The molecular formula is C27H17ClN4O7. The summed E-state index contributed by atoms with van der Waals surface area (Å²) >= 11 is 5.95. The van der Waals surface area contributed by atoms with E-state index < -0.39 is 28.4 Å². The van der Waals surface area contributed by atoms with E-state index in [0.717, 1.165) is 11.0 Å². The number of hydrogen-bond donors (Lipinski definition) is 3. The Labute approximate surface area is 224 Å². The van der Waals surface area contributed by atoms with Crippen molar-refractivity contribution in [3.63, 3.8) is 0 Å².